The predicted octanol–water partition coefficient (Wildman–Crippen LogP) is 14.1. The summed E-state index contributed by atoms with van der Waals surface area (Å²) < 4.78 is 3.11. The van der Waals surface area contributed by atoms with Crippen LogP contribution in [0.1, 0.15) is 69.4 Å². The predicted molar refractivity (Wildman–Crippen MR) is 249 cm³/mol. The van der Waals surface area contributed by atoms with Crippen LogP contribution in [0.2, 0.25) is 25.1 Å². The molecule has 290 valence electrons. The van der Waals surface area contributed by atoms with Gasteiger partial charge in [0.05, 0.1) is 69.8 Å². The number of benzene rings is 5. The highest BCUT2D eigenvalue weighted by atomic mass is 127. The van der Waals surface area contributed by atoms with Gasteiger partial charge in [-0.3, -0.25) is 19.8 Å². The molecule has 5 aromatic carbocycles. The summed E-state index contributed by atoms with van der Waals surface area (Å²) in [6.45, 7) is 0. The highest BCUT2D eigenvalue weighted by Gasteiger charge is 2.31. The van der Waals surface area contributed by atoms with Gasteiger partial charge in [-0.1, -0.05) is 100 Å². The van der Waals surface area contributed by atoms with Gasteiger partial charge >= 0.3 is 0 Å². The van der Waals surface area contributed by atoms with Crippen molar-refractivity contribution in [3.63, 3.8) is 0 Å². The van der Waals surface area contributed by atoms with E-state index in [4.69, 9.17) is 69.6 Å². The minimum absolute atomic E-state index is 0.201. The first-order chi connectivity index (χ1) is 27.4. The lowest BCUT2D eigenvalue weighted by Crippen LogP contribution is -2.16. The molecule has 10 rings (SSSR count). The third kappa shape index (κ3) is 9.59. The first-order valence-corrected chi connectivity index (χ1v) is 21.9. The summed E-state index contributed by atoms with van der Waals surface area (Å²) in [5.41, 5.74) is 5.67. The molecule has 2 aliphatic carbocycles. The summed E-state index contributed by atoms with van der Waals surface area (Å²) in [6.07, 6.45) is 6.19. The summed E-state index contributed by atoms with van der Waals surface area (Å²) in [6, 6.07) is 28.0. The Morgan fingerprint density at radius 1 is 0.649 bits per heavy atom. The Morgan fingerprint density at radius 2 is 1.19 bits per heavy atom. The van der Waals surface area contributed by atoms with Crippen molar-refractivity contribution in [2.24, 2.45) is 0 Å². The number of rotatable bonds is 4. The van der Waals surface area contributed by atoms with E-state index < -0.39 is 5.24 Å². The maximum Gasteiger partial charge on any atom is 0.280 e. The maximum atomic E-state index is 13.1. The molecule has 0 unspecified atom stereocenters. The van der Waals surface area contributed by atoms with Crippen molar-refractivity contribution in [2.45, 2.75) is 37.5 Å². The van der Waals surface area contributed by atoms with E-state index in [-0.39, 0.29) is 5.91 Å². The van der Waals surface area contributed by atoms with Crippen molar-refractivity contribution in [1.82, 2.24) is 30.2 Å². The monoisotopic (exact) mass is 1100 g/mol. The Morgan fingerprint density at radius 3 is 1.81 bits per heavy atom. The highest BCUT2D eigenvalue weighted by molar-refractivity contribution is 14.1. The zero-order chi connectivity index (χ0) is 40.4. The van der Waals surface area contributed by atoms with Crippen LogP contribution in [0.25, 0.3) is 32.7 Å². The van der Waals surface area contributed by atoms with E-state index in [1.54, 1.807) is 24.4 Å². The van der Waals surface area contributed by atoms with Crippen molar-refractivity contribution >= 4 is 159 Å². The molecule has 0 radical (unpaired) electrons. The van der Waals surface area contributed by atoms with Gasteiger partial charge in [0.25, 0.3) is 11.1 Å². The van der Waals surface area contributed by atoms with Gasteiger partial charge in [0.1, 0.15) is 7.40 Å². The van der Waals surface area contributed by atoms with Gasteiger partial charge in [-0.2, -0.15) is 20.0 Å². The van der Waals surface area contributed by atoms with Gasteiger partial charge in [0.15, 0.2) is 0 Å². The average Bonchev–Trinajstić information content (AvgIpc) is 4.10. The number of halogens is 8. The fourth-order valence-corrected chi connectivity index (χ4v) is 9.58. The van der Waals surface area contributed by atoms with Crippen LogP contribution >= 0.6 is 115 Å². The smallest absolute Gasteiger partial charge is 0.278 e. The number of aromatic nitrogens is 6. The second-order valence-corrected chi connectivity index (χ2v) is 17.6. The molecule has 0 amide bonds. The number of carbonyl (C=O) groups is 2. The molecule has 3 heterocycles. The molecule has 0 spiro atoms. The van der Waals surface area contributed by atoms with Crippen molar-refractivity contribution < 1.29 is 9.59 Å². The third-order valence-corrected chi connectivity index (χ3v) is 12.6. The summed E-state index contributed by atoms with van der Waals surface area (Å²) >= 11 is 40.0. The van der Waals surface area contributed by atoms with Gasteiger partial charge in [0, 0.05) is 5.39 Å². The van der Waals surface area contributed by atoms with Crippen LogP contribution in [0.3, 0.4) is 0 Å². The number of carbonyl (C=O) groups excluding carboxylic acids is 2. The molecule has 3 aromatic heterocycles. The Kier molecular flexibility index (Phi) is 13.7. The van der Waals surface area contributed by atoms with Gasteiger partial charge in [-0.25, -0.2) is 0 Å². The molecule has 0 atom stereocenters. The van der Waals surface area contributed by atoms with Crippen LogP contribution in [0.5, 0.6) is 0 Å². The first kappa shape index (κ1) is 42.2. The van der Waals surface area contributed by atoms with E-state index in [0.29, 0.717) is 47.2 Å². The summed E-state index contributed by atoms with van der Waals surface area (Å²) in [7, 11) is 0. The Labute approximate surface area is 384 Å². The first-order valence-electron chi connectivity index (χ1n) is 17.4. The largest absolute Gasteiger partial charge is 0.280 e. The molecule has 2 saturated carbocycles. The van der Waals surface area contributed by atoms with Crippen LogP contribution in [0.15, 0.2) is 97.2 Å². The Hall–Kier alpha value is -2.95. The van der Waals surface area contributed by atoms with Crippen LogP contribution in [0, 0.1) is 7.40 Å². The van der Waals surface area contributed by atoms with Crippen molar-refractivity contribution in [3.05, 3.63) is 152 Å². The average molecular weight is 1100 g/mol. The topological polar surface area (TPSA) is 109 Å². The molecule has 2 N–H and O–H groups in total. The molecular weight excluding hydrogens is 1080 g/mol. The van der Waals surface area contributed by atoms with E-state index >= 15 is 0 Å². The second kappa shape index (κ2) is 18.5. The summed E-state index contributed by atoms with van der Waals surface area (Å²) in [5.74, 6) is 0.723. The molecular formula is C41H28Cl6I2N6O2. The molecule has 0 bridgehead atoms. The number of H-pyrrole nitrogens is 2. The minimum atomic E-state index is -0.451. The van der Waals surface area contributed by atoms with Gasteiger partial charge in [-0.05, 0) is 154 Å². The van der Waals surface area contributed by atoms with E-state index in [9.17, 15) is 9.59 Å². The molecule has 0 saturated heterocycles. The van der Waals surface area contributed by atoms with Crippen LogP contribution < -0.4 is 0 Å². The van der Waals surface area contributed by atoms with E-state index in [1.807, 2.05) is 72.8 Å². The molecule has 8 aromatic rings. The summed E-state index contributed by atoms with van der Waals surface area (Å²) in [5, 5.41) is 23.4. The molecule has 8 nitrogen and oxygen atoms in total. The zero-order valence-electron chi connectivity index (χ0n) is 29.3. The minimum Gasteiger partial charge on any atom is -0.278 e. The molecule has 2 fully saturated rings. The maximum absolute atomic E-state index is 13.1. The fraction of sp³-hybridized carbons (Fsp3) is 0.146. The summed E-state index contributed by atoms with van der Waals surface area (Å²) in [4.78, 5) is 24.2. The molecule has 16 heteroatoms. The fourth-order valence-electron chi connectivity index (χ4n) is 6.25. The number of hydrogen-bond donors (Lipinski definition) is 2. The van der Waals surface area contributed by atoms with Crippen molar-refractivity contribution in [3.8, 4) is 0 Å². The van der Waals surface area contributed by atoms with Crippen molar-refractivity contribution in [2.75, 3.05) is 0 Å². The molecule has 0 aliphatic heterocycles. The number of nitrogens with one attached hydrogen (secondary N) is 2. The number of fused-ring (bicyclic) bond motifs is 3. The van der Waals surface area contributed by atoms with E-state index in [0.717, 1.165) is 77.7 Å². The zero-order valence-corrected chi connectivity index (χ0v) is 38.2. The number of aromatic amines is 2. The highest BCUT2D eigenvalue weighted by Crippen LogP contribution is 2.44. The van der Waals surface area contributed by atoms with E-state index in [1.165, 1.54) is 4.68 Å². The van der Waals surface area contributed by atoms with Gasteiger partial charge < -0.3 is 0 Å². The lowest BCUT2D eigenvalue weighted by molar-refractivity contribution is 0.0948. The van der Waals surface area contributed by atoms with Gasteiger partial charge in [0.2, 0.25) is 0 Å². The number of hydrogen-bond acceptors (Lipinski definition) is 5. The standard InChI is InChI=1S/C17H11Cl2IN2O.C10H8Cl2O.C7H4ClIN2.C7H5ClN2/c18-11-4-1-3-10(9-7-8-9)14(11)17(23)22-13-6-2-5-12(19)15(13)16(20)21-22;11-8-3-1-2-7(6-4-5-6)9(8)10(12)13;8-4-2-1-3-5-6(4)7(9)11-10-5;8-6-2-1-3-7-5(6)4-9-10-7/h1-6,9H,7-8H2;1-3,6H,4-5H2;1-3H,(H,10,11);1-4H,(H,9,10). The molecule has 2 aliphatic rings. The normalized spacial score (nSPS) is 13.3. The number of nitrogens with zero attached hydrogens (tertiary/aromatic N) is 4. The van der Waals surface area contributed by atoms with Crippen LogP contribution in [-0.4, -0.2) is 41.3 Å². The molecule has 57 heavy (non-hydrogen) atoms. The quantitative estimate of drug-likeness (QED) is 0.135. The Bertz CT molecular complexity index is 2780. The third-order valence-electron chi connectivity index (χ3n) is 9.26. The van der Waals surface area contributed by atoms with Crippen LogP contribution in [-0.2, 0) is 0 Å². The SMILES string of the molecule is Clc1cccc2[nH]ncc12.Clc1cccc2n[nH]c(I)c12.O=C(Cl)c1c(Cl)cccc1C1CC1.O=C(c1c(Cl)cccc1C1CC1)n1nc(I)c2c(Cl)cccc21. The Balaban J connectivity index is 0.000000124. The lowest BCUT2D eigenvalue weighted by atomic mass is 10.0. The van der Waals surface area contributed by atoms with E-state index in [2.05, 4.69) is 70.7 Å². The lowest BCUT2D eigenvalue weighted by Gasteiger charge is -2.10. The second-order valence-electron chi connectivity index (χ2n) is 13.1. The van der Waals surface area contributed by atoms with Crippen LogP contribution in [0.4, 0.5) is 0 Å². The van der Waals surface area contributed by atoms with Crippen molar-refractivity contribution in [1.29, 1.82) is 0 Å². The van der Waals surface area contributed by atoms with Gasteiger partial charge in [-0.15, -0.1) is 0 Å².